The van der Waals surface area contributed by atoms with Crippen LogP contribution in [0.3, 0.4) is 0 Å². The van der Waals surface area contributed by atoms with Crippen molar-refractivity contribution in [2.45, 2.75) is 0 Å². The van der Waals surface area contributed by atoms with Gasteiger partial charge in [0.2, 0.25) is 5.69 Å². The normalized spacial score (nSPS) is 12.9. The number of H-pyrrole nitrogens is 1. The van der Waals surface area contributed by atoms with Crippen LogP contribution in [-0.4, -0.2) is 10.8 Å². The number of fused-ring (bicyclic) bond motifs is 7. The number of aromatic nitrogens is 2. The molecule has 0 radical (unpaired) electrons. The third-order valence-corrected chi connectivity index (χ3v) is 4.24. The Morgan fingerprint density at radius 3 is 2.67 bits per heavy atom. The van der Waals surface area contributed by atoms with Crippen LogP contribution in [0.5, 0.6) is 0 Å². The predicted octanol–water partition coefficient (Wildman–Crippen LogP) is 3.14. The molecule has 3 nitrogen and oxygen atoms in total. The van der Waals surface area contributed by atoms with Crippen LogP contribution >= 0.6 is 0 Å². The Morgan fingerprint density at radius 1 is 0.857 bits per heavy atom. The fraction of sp³-hybridized carbons (Fsp3) is 0. The Hall–Kier alpha value is -2.94. The van der Waals surface area contributed by atoms with Gasteiger partial charge < -0.3 is 4.98 Å². The summed E-state index contributed by atoms with van der Waals surface area (Å²) >= 11 is 0. The fourth-order valence-electron chi connectivity index (χ4n) is 3.30. The first kappa shape index (κ1) is 10.8. The number of carbonyl (C=O) groups is 1. The lowest BCUT2D eigenvalue weighted by Gasteiger charge is -1.95. The van der Waals surface area contributed by atoms with E-state index in [2.05, 4.69) is 17.1 Å². The van der Waals surface area contributed by atoms with E-state index in [1.807, 2.05) is 53.2 Å². The smallest absolute Gasteiger partial charge is 0.266 e. The molecule has 2 aromatic carbocycles. The molecule has 3 heteroatoms. The number of benzene rings is 2. The van der Waals surface area contributed by atoms with Gasteiger partial charge in [-0.1, -0.05) is 18.2 Å². The molecular weight excluding hydrogens is 260 g/mol. The minimum atomic E-state index is 0.0859. The highest BCUT2D eigenvalue weighted by Crippen LogP contribution is 2.32. The number of para-hydroxylation sites is 1. The zero-order chi connectivity index (χ0) is 14.0. The first-order chi connectivity index (χ1) is 10.3. The zero-order valence-electron chi connectivity index (χ0n) is 11.1. The number of rotatable bonds is 0. The highest BCUT2D eigenvalue weighted by Gasteiger charge is 2.37. The van der Waals surface area contributed by atoms with E-state index in [-0.39, 0.29) is 5.78 Å². The summed E-state index contributed by atoms with van der Waals surface area (Å²) in [7, 11) is 0. The van der Waals surface area contributed by atoms with Gasteiger partial charge >= 0.3 is 0 Å². The van der Waals surface area contributed by atoms with E-state index >= 15 is 0 Å². The first-order valence-electron chi connectivity index (χ1n) is 6.94. The summed E-state index contributed by atoms with van der Waals surface area (Å²) in [5.74, 6) is 0.0859. The van der Waals surface area contributed by atoms with E-state index in [4.69, 9.17) is 0 Å². The molecule has 5 rings (SSSR count). The summed E-state index contributed by atoms with van der Waals surface area (Å²) in [6, 6.07) is 18.0. The number of carbonyl (C=O) groups excluding carboxylic acids is 1. The second-order valence-electron chi connectivity index (χ2n) is 5.34. The Bertz CT molecular complexity index is 1060. The molecule has 0 fully saturated rings. The molecule has 0 atom stereocenters. The van der Waals surface area contributed by atoms with Crippen LogP contribution < -0.4 is 4.57 Å². The number of ketones is 1. The maximum atomic E-state index is 12.7. The molecule has 0 spiro atoms. The maximum Gasteiger partial charge on any atom is 0.266 e. The number of pyridine rings is 1. The summed E-state index contributed by atoms with van der Waals surface area (Å²) in [6.07, 6.45) is 1.94. The standard InChI is InChI=1S/C18H10N2O/c21-18-15-7-3-4-10-20(15)14-9-8-12-11-5-1-2-6-13(11)19-17(12)16(14)18/h1-10H/p+1. The fourth-order valence-corrected chi connectivity index (χ4v) is 3.30. The van der Waals surface area contributed by atoms with Crippen molar-refractivity contribution in [1.82, 2.24) is 4.98 Å². The maximum absolute atomic E-state index is 12.7. The SMILES string of the molecule is O=C1c2c(ccc3c2[nH]c2ccccc23)-[n+]2ccccc21. The summed E-state index contributed by atoms with van der Waals surface area (Å²) in [5.41, 5.74) is 4.44. The minimum absolute atomic E-state index is 0.0859. The predicted molar refractivity (Wildman–Crippen MR) is 80.8 cm³/mol. The summed E-state index contributed by atoms with van der Waals surface area (Å²) in [6.45, 7) is 0. The number of nitrogens with one attached hydrogen (secondary N) is 1. The van der Waals surface area contributed by atoms with Gasteiger partial charge in [0.15, 0.2) is 6.20 Å². The highest BCUT2D eigenvalue weighted by atomic mass is 16.1. The zero-order valence-corrected chi connectivity index (χ0v) is 11.1. The van der Waals surface area contributed by atoms with Crippen LogP contribution in [0.15, 0.2) is 60.8 Å². The molecule has 0 bridgehead atoms. The van der Waals surface area contributed by atoms with Gasteiger partial charge in [0.1, 0.15) is 5.56 Å². The second-order valence-corrected chi connectivity index (χ2v) is 5.34. The van der Waals surface area contributed by atoms with Crippen LogP contribution in [0.2, 0.25) is 0 Å². The van der Waals surface area contributed by atoms with Crippen molar-refractivity contribution in [2.75, 3.05) is 0 Å². The van der Waals surface area contributed by atoms with E-state index in [0.717, 1.165) is 38.8 Å². The van der Waals surface area contributed by atoms with Gasteiger partial charge in [0, 0.05) is 34.5 Å². The van der Waals surface area contributed by atoms with Crippen molar-refractivity contribution < 1.29 is 9.36 Å². The lowest BCUT2D eigenvalue weighted by atomic mass is 10.0. The summed E-state index contributed by atoms with van der Waals surface area (Å²) in [4.78, 5) is 16.1. The van der Waals surface area contributed by atoms with E-state index in [0.29, 0.717) is 0 Å². The number of nitrogens with zero attached hydrogens (tertiary/aromatic N) is 1. The van der Waals surface area contributed by atoms with Gasteiger partial charge in [-0.3, -0.25) is 4.79 Å². The minimum Gasteiger partial charge on any atom is -0.354 e. The molecule has 0 amide bonds. The molecule has 0 saturated heterocycles. The molecular formula is C18H11N2O+. The lowest BCUT2D eigenvalue weighted by Crippen LogP contribution is -2.31. The molecule has 21 heavy (non-hydrogen) atoms. The Labute approximate surface area is 120 Å². The molecule has 0 aliphatic carbocycles. The van der Waals surface area contributed by atoms with Gasteiger partial charge in [0.05, 0.1) is 5.52 Å². The van der Waals surface area contributed by atoms with Gasteiger partial charge in [-0.2, -0.15) is 4.57 Å². The molecule has 1 N–H and O–H groups in total. The van der Waals surface area contributed by atoms with E-state index in [9.17, 15) is 4.79 Å². The van der Waals surface area contributed by atoms with E-state index < -0.39 is 0 Å². The molecule has 0 saturated carbocycles. The second kappa shape index (κ2) is 3.58. The quantitative estimate of drug-likeness (QED) is 0.432. The van der Waals surface area contributed by atoms with E-state index in [1.54, 1.807) is 0 Å². The molecule has 1 aliphatic heterocycles. The van der Waals surface area contributed by atoms with Crippen molar-refractivity contribution in [3.63, 3.8) is 0 Å². The Kier molecular flexibility index (Phi) is 1.84. The Balaban J connectivity index is 1.98. The molecule has 0 unspecified atom stereocenters. The number of hydrogen-bond acceptors (Lipinski definition) is 1. The van der Waals surface area contributed by atoms with E-state index in [1.165, 1.54) is 0 Å². The van der Waals surface area contributed by atoms with Crippen molar-refractivity contribution in [1.29, 1.82) is 0 Å². The van der Waals surface area contributed by atoms with Crippen molar-refractivity contribution >= 4 is 27.6 Å². The monoisotopic (exact) mass is 271 g/mol. The molecule has 4 aromatic rings. The largest absolute Gasteiger partial charge is 0.354 e. The van der Waals surface area contributed by atoms with Crippen molar-refractivity contribution in [2.24, 2.45) is 0 Å². The number of aromatic amines is 1. The van der Waals surface area contributed by atoms with Crippen molar-refractivity contribution in [3.8, 4) is 5.69 Å². The molecule has 1 aliphatic rings. The third kappa shape index (κ3) is 1.23. The summed E-state index contributed by atoms with van der Waals surface area (Å²) < 4.78 is 1.96. The average Bonchev–Trinajstić information content (AvgIpc) is 3.04. The van der Waals surface area contributed by atoms with Crippen LogP contribution in [0.1, 0.15) is 16.1 Å². The highest BCUT2D eigenvalue weighted by molar-refractivity contribution is 6.21. The van der Waals surface area contributed by atoms with Crippen LogP contribution in [0.25, 0.3) is 27.5 Å². The van der Waals surface area contributed by atoms with Gasteiger partial charge in [-0.15, -0.1) is 0 Å². The third-order valence-electron chi connectivity index (χ3n) is 4.24. The van der Waals surface area contributed by atoms with Crippen LogP contribution in [-0.2, 0) is 0 Å². The van der Waals surface area contributed by atoms with Gasteiger partial charge in [-0.25, -0.2) is 0 Å². The molecule has 2 aromatic heterocycles. The topological polar surface area (TPSA) is 36.7 Å². The first-order valence-corrected chi connectivity index (χ1v) is 6.94. The molecule has 98 valence electrons. The lowest BCUT2D eigenvalue weighted by molar-refractivity contribution is -0.594. The van der Waals surface area contributed by atoms with Crippen LogP contribution in [0.4, 0.5) is 0 Å². The Morgan fingerprint density at radius 2 is 1.71 bits per heavy atom. The van der Waals surface area contributed by atoms with Crippen LogP contribution in [0, 0.1) is 0 Å². The number of hydrogen-bond donors (Lipinski definition) is 1. The van der Waals surface area contributed by atoms with Crippen molar-refractivity contribution in [3.05, 3.63) is 72.1 Å². The molecule has 3 heterocycles. The van der Waals surface area contributed by atoms with Gasteiger partial charge in [0.25, 0.3) is 11.5 Å². The van der Waals surface area contributed by atoms with Gasteiger partial charge in [-0.05, 0) is 18.2 Å². The average molecular weight is 271 g/mol. The summed E-state index contributed by atoms with van der Waals surface area (Å²) in [5, 5.41) is 2.26.